The molecule has 26 heavy (non-hydrogen) atoms. The molecule has 0 bridgehead atoms. The van der Waals surface area contributed by atoms with Gasteiger partial charge in [0.1, 0.15) is 0 Å². The van der Waals surface area contributed by atoms with Crippen LogP contribution in [0.2, 0.25) is 0 Å². The van der Waals surface area contributed by atoms with Crippen molar-refractivity contribution in [2.24, 2.45) is 5.73 Å². The van der Waals surface area contributed by atoms with E-state index in [1.54, 1.807) is 6.92 Å². The van der Waals surface area contributed by atoms with Gasteiger partial charge in [-0.25, -0.2) is 8.42 Å². The summed E-state index contributed by atoms with van der Waals surface area (Å²) in [6, 6.07) is 3.68. The van der Waals surface area contributed by atoms with E-state index in [0.29, 0.717) is 19.4 Å². The molecule has 0 fully saturated rings. The molecule has 1 aromatic carbocycles. The largest absolute Gasteiger partial charge is 0.330 e. The van der Waals surface area contributed by atoms with Gasteiger partial charge in [0.2, 0.25) is 11.6 Å². The zero-order valence-electron chi connectivity index (χ0n) is 14.1. The van der Waals surface area contributed by atoms with E-state index in [4.69, 9.17) is 17.3 Å². The number of hydrogen-bond donors (Lipinski definition) is 2. The van der Waals surface area contributed by atoms with Gasteiger partial charge in [-0.2, -0.15) is 13.1 Å². The van der Waals surface area contributed by atoms with Gasteiger partial charge in [-0.15, -0.1) is 11.6 Å². The van der Waals surface area contributed by atoms with Crippen LogP contribution in [0.5, 0.6) is 0 Å². The first-order valence-corrected chi connectivity index (χ1v) is 11.8. The van der Waals surface area contributed by atoms with Crippen molar-refractivity contribution in [2.75, 3.05) is 12.4 Å². The molecule has 0 saturated carbocycles. The predicted molar refractivity (Wildman–Crippen MR) is 97.8 cm³/mol. The summed E-state index contributed by atoms with van der Waals surface area (Å²) in [6.07, 6.45) is 0.738. The van der Waals surface area contributed by atoms with Crippen molar-refractivity contribution in [3.63, 3.8) is 0 Å². The molecular weight excluding hydrogens is 404 g/mol. The smallest absolute Gasteiger partial charge is 0.322 e. The normalized spacial score (nSPS) is 13.3. The lowest BCUT2D eigenvalue weighted by atomic mass is 10.0. The van der Waals surface area contributed by atoms with E-state index in [1.165, 1.54) is 12.1 Å². The summed E-state index contributed by atoms with van der Waals surface area (Å²) >= 11 is 5.34. The van der Waals surface area contributed by atoms with Gasteiger partial charge in [0.25, 0.3) is 8.87 Å². The third-order valence-corrected chi connectivity index (χ3v) is 8.39. The minimum atomic E-state index is -4.97. The Hall–Kier alpha value is -1.33. The minimum absolute atomic E-state index is 0.0681. The zero-order chi connectivity index (χ0) is 20.0. The number of alkyl halides is 1. The second-order valence-corrected chi connectivity index (χ2v) is 11.0. The predicted octanol–water partition coefficient (Wildman–Crippen LogP) is 0.478. The maximum atomic E-state index is 12.4. The molecule has 0 unspecified atom stereocenters. The van der Waals surface area contributed by atoms with E-state index in [-0.39, 0.29) is 6.42 Å². The molecule has 1 aromatic rings. The van der Waals surface area contributed by atoms with Crippen LogP contribution in [-0.2, 0) is 27.5 Å². The van der Waals surface area contributed by atoms with Crippen LogP contribution in [0.3, 0.4) is 0 Å². The van der Waals surface area contributed by atoms with Crippen LogP contribution < -0.4 is 10.5 Å². The standard InChI is InChI=1S/C15H21ClN2O6S2/c1-11-5-7-12(8-6-11)25(21,22)26(23,24)18-13(4-2-3-9-17)15(20)14(19)10-16/h5-8,13,18H,2-4,9-10,17H2,1H3/t13-/m0/s1. The molecule has 0 aliphatic carbocycles. The lowest BCUT2D eigenvalue weighted by Gasteiger charge is -2.17. The van der Waals surface area contributed by atoms with Gasteiger partial charge in [-0.05, 0) is 38.4 Å². The van der Waals surface area contributed by atoms with Crippen LogP contribution >= 0.6 is 11.6 Å². The SMILES string of the molecule is Cc1ccc(S(=O)(=O)S(=O)(=O)N[C@@H](CCCCN)C(=O)C(=O)CCl)cc1. The van der Waals surface area contributed by atoms with Crippen LogP contribution in [-0.4, -0.2) is 46.9 Å². The average Bonchev–Trinajstić information content (AvgIpc) is 2.59. The third-order valence-electron chi connectivity index (χ3n) is 3.54. The molecule has 0 spiro atoms. The van der Waals surface area contributed by atoms with Gasteiger partial charge in [-0.3, -0.25) is 9.59 Å². The Morgan fingerprint density at radius 2 is 1.69 bits per heavy atom. The van der Waals surface area contributed by atoms with Crippen molar-refractivity contribution in [2.45, 2.75) is 37.1 Å². The minimum Gasteiger partial charge on any atom is -0.330 e. The number of aryl methyl sites for hydroxylation is 1. The number of ketones is 2. The molecule has 0 amide bonds. The second kappa shape index (κ2) is 9.56. The van der Waals surface area contributed by atoms with Gasteiger partial charge in [0, 0.05) is 0 Å². The van der Waals surface area contributed by atoms with Crippen molar-refractivity contribution in [1.29, 1.82) is 0 Å². The van der Waals surface area contributed by atoms with Gasteiger partial charge >= 0.3 is 9.06 Å². The first-order chi connectivity index (χ1) is 12.1. The number of rotatable bonds is 11. The zero-order valence-corrected chi connectivity index (χ0v) is 16.5. The molecule has 0 aromatic heterocycles. The monoisotopic (exact) mass is 424 g/mol. The molecule has 11 heteroatoms. The number of nitrogens with one attached hydrogen (secondary N) is 1. The molecule has 0 saturated heterocycles. The van der Waals surface area contributed by atoms with E-state index in [2.05, 4.69) is 0 Å². The van der Waals surface area contributed by atoms with E-state index in [1.807, 2.05) is 4.72 Å². The first kappa shape index (κ1) is 22.7. The fourth-order valence-corrected chi connectivity index (χ4v) is 5.44. The van der Waals surface area contributed by atoms with E-state index in [0.717, 1.165) is 17.7 Å². The molecule has 0 radical (unpaired) electrons. The summed E-state index contributed by atoms with van der Waals surface area (Å²) in [5.41, 5.74) is 6.10. The van der Waals surface area contributed by atoms with E-state index < -0.39 is 46.3 Å². The molecule has 0 heterocycles. The van der Waals surface area contributed by atoms with Crippen LogP contribution in [0.25, 0.3) is 0 Å². The Morgan fingerprint density at radius 1 is 1.12 bits per heavy atom. The van der Waals surface area contributed by atoms with Crippen LogP contribution in [0.15, 0.2) is 29.2 Å². The summed E-state index contributed by atoms with van der Waals surface area (Å²) in [6.45, 7) is 2.02. The Labute approximate surface area is 157 Å². The average molecular weight is 425 g/mol. The number of halogens is 1. The number of benzene rings is 1. The van der Waals surface area contributed by atoms with Gasteiger partial charge < -0.3 is 5.73 Å². The number of carbonyl (C=O) groups excluding carboxylic acids is 2. The van der Waals surface area contributed by atoms with Crippen molar-refractivity contribution >= 4 is 41.1 Å². The fraction of sp³-hybridized carbons (Fsp3) is 0.467. The highest BCUT2D eigenvalue weighted by Crippen LogP contribution is 2.18. The highest BCUT2D eigenvalue weighted by molar-refractivity contribution is 8.66. The number of unbranched alkanes of at least 4 members (excludes halogenated alkanes) is 1. The molecule has 3 N–H and O–H groups in total. The molecule has 8 nitrogen and oxygen atoms in total. The Morgan fingerprint density at radius 3 is 2.19 bits per heavy atom. The van der Waals surface area contributed by atoms with Crippen LogP contribution in [0, 0.1) is 6.92 Å². The van der Waals surface area contributed by atoms with E-state index in [9.17, 15) is 26.4 Å². The summed E-state index contributed by atoms with van der Waals surface area (Å²) in [4.78, 5) is 23.2. The highest BCUT2D eigenvalue weighted by atomic mass is 35.5. The molecule has 1 rings (SSSR count). The number of Topliss-reactive ketones (excluding diaryl/α,β-unsaturated/α-hetero) is 2. The Kier molecular flexibility index (Phi) is 8.35. The first-order valence-electron chi connectivity index (χ1n) is 7.74. The third kappa shape index (κ3) is 5.58. The summed E-state index contributed by atoms with van der Waals surface area (Å²) in [7, 11) is -9.78. The molecular formula is C15H21ClN2O6S2. The number of hydrogen-bond acceptors (Lipinski definition) is 7. The van der Waals surface area contributed by atoms with Gasteiger partial charge in [0.05, 0.1) is 16.8 Å². The van der Waals surface area contributed by atoms with Crippen molar-refractivity contribution in [3.05, 3.63) is 29.8 Å². The lowest BCUT2D eigenvalue weighted by molar-refractivity contribution is -0.136. The van der Waals surface area contributed by atoms with Crippen LogP contribution in [0.1, 0.15) is 24.8 Å². The quantitative estimate of drug-likeness (QED) is 0.228. The second-order valence-electron chi connectivity index (χ2n) is 5.60. The van der Waals surface area contributed by atoms with Gasteiger partial charge in [0.15, 0.2) is 0 Å². The van der Waals surface area contributed by atoms with Gasteiger partial charge in [-0.1, -0.05) is 24.1 Å². The maximum absolute atomic E-state index is 12.4. The number of carbonyl (C=O) groups is 2. The molecule has 1 atom stereocenters. The maximum Gasteiger partial charge on any atom is 0.322 e. The van der Waals surface area contributed by atoms with Crippen LogP contribution in [0.4, 0.5) is 0 Å². The number of nitrogens with two attached hydrogens (primary N) is 1. The molecule has 0 aliphatic rings. The van der Waals surface area contributed by atoms with E-state index >= 15 is 0 Å². The Bertz CT molecular complexity index is 851. The fourth-order valence-electron chi connectivity index (χ4n) is 2.07. The van der Waals surface area contributed by atoms with Crippen molar-refractivity contribution in [1.82, 2.24) is 4.72 Å². The lowest BCUT2D eigenvalue weighted by Crippen LogP contribution is -2.46. The Balaban J connectivity index is 3.15. The summed E-state index contributed by atoms with van der Waals surface area (Å²) in [5.74, 6) is -2.71. The van der Waals surface area contributed by atoms with Crippen molar-refractivity contribution in [3.8, 4) is 0 Å². The summed E-state index contributed by atoms with van der Waals surface area (Å²) < 4.78 is 51.4. The molecule has 0 aliphatic heterocycles. The highest BCUT2D eigenvalue weighted by Gasteiger charge is 2.37. The summed E-state index contributed by atoms with van der Waals surface area (Å²) in [5, 5.41) is 0. The topological polar surface area (TPSA) is 140 Å². The molecule has 146 valence electrons. The van der Waals surface area contributed by atoms with Crippen molar-refractivity contribution < 1.29 is 26.4 Å².